The van der Waals surface area contributed by atoms with E-state index in [4.69, 9.17) is 4.74 Å². The molecule has 2 unspecified atom stereocenters. The maximum Gasteiger partial charge on any atom is 0.226 e. The van der Waals surface area contributed by atoms with Crippen molar-refractivity contribution in [3.05, 3.63) is 29.3 Å². The fourth-order valence-electron chi connectivity index (χ4n) is 2.24. The Morgan fingerprint density at radius 3 is 2.60 bits per heavy atom. The number of aliphatic hydroxyl groups excluding tert-OH is 2. The average Bonchev–Trinajstić information content (AvgIpc) is 2.74. The van der Waals surface area contributed by atoms with Crippen molar-refractivity contribution in [1.29, 1.82) is 0 Å². The SMILES string of the molecule is Cc1ccc(C)c(OCCC(=O)N2CC(O)C(O)C2)c1. The van der Waals surface area contributed by atoms with E-state index in [0.29, 0.717) is 6.61 Å². The molecule has 1 aliphatic rings. The molecule has 5 heteroatoms. The first-order valence-corrected chi connectivity index (χ1v) is 6.81. The predicted octanol–water partition coefficient (Wildman–Crippen LogP) is 0.636. The van der Waals surface area contributed by atoms with Gasteiger partial charge in [-0.05, 0) is 31.0 Å². The number of carbonyl (C=O) groups excluding carboxylic acids is 1. The van der Waals surface area contributed by atoms with Crippen LogP contribution in [0, 0.1) is 13.8 Å². The molecule has 1 aromatic carbocycles. The van der Waals surface area contributed by atoms with Gasteiger partial charge in [0.15, 0.2) is 0 Å². The van der Waals surface area contributed by atoms with Crippen LogP contribution < -0.4 is 4.74 Å². The van der Waals surface area contributed by atoms with Crippen LogP contribution in [-0.2, 0) is 4.79 Å². The minimum Gasteiger partial charge on any atom is -0.493 e. The molecule has 0 bridgehead atoms. The summed E-state index contributed by atoms with van der Waals surface area (Å²) >= 11 is 0. The summed E-state index contributed by atoms with van der Waals surface area (Å²) in [5, 5.41) is 18.8. The van der Waals surface area contributed by atoms with Crippen LogP contribution in [0.15, 0.2) is 18.2 Å². The van der Waals surface area contributed by atoms with E-state index < -0.39 is 12.2 Å². The molecule has 1 saturated heterocycles. The van der Waals surface area contributed by atoms with E-state index in [9.17, 15) is 15.0 Å². The smallest absolute Gasteiger partial charge is 0.226 e. The molecule has 20 heavy (non-hydrogen) atoms. The zero-order chi connectivity index (χ0) is 14.7. The molecule has 1 heterocycles. The number of hydrogen-bond donors (Lipinski definition) is 2. The van der Waals surface area contributed by atoms with E-state index in [1.165, 1.54) is 4.90 Å². The van der Waals surface area contributed by atoms with Gasteiger partial charge in [0.2, 0.25) is 5.91 Å². The van der Waals surface area contributed by atoms with Crippen LogP contribution in [-0.4, -0.2) is 52.9 Å². The normalized spacial score (nSPS) is 22.1. The Balaban J connectivity index is 1.81. The summed E-state index contributed by atoms with van der Waals surface area (Å²) in [5.41, 5.74) is 2.15. The summed E-state index contributed by atoms with van der Waals surface area (Å²) in [4.78, 5) is 13.4. The average molecular weight is 279 g/mol. The molecule has 2 rings (SSSR count). The van der Waals surface area contributed by atoms with Crippen LogP contribution in [0.3, 0.4) is 0 Å². The fourth-order valence-corrected chi connectivity index (χ4v) is 2.24. The van der Waals surface area contributed by atoms with E-state index in [-0.39, 0.29) is 25.4 Å². The third-order valence-electron chi connectivity index (χ3n) is 3.53. The molecule has 1 amide bonds. The highest BCUT2D eigenvalue weighted by molar-refractivity contribution is 5.76. The number of amides is 1. The van der Waals surface area contributed by atoms with Crippen LogP contribution in [0.4, 0.5) is 0 Å². The molecule has 0 saturated carbocycles. The van der Waals surface area contributed by atoms with E-state index in [2.05, 4.69) is 0 Å². The van der Waals surface area contributed by atoms with Gasteiger partial charge in [-0.2, -0.15) is 0 Å². The molecule has 2 atom stereocenters. The highest BCUT2D eigenvalue weighted by Gasteiger charge is 2.32. The van der Waals surface area contributed by atoms with Gasteiger partial charge in [0, 0.05) is 13.1 Å². The second-order valence-corrected chi connectivity index (χ2v) is 5.30. The standard InChI is InChI=1S/C15H21NO4/c1-10-3-4-11(2)14(7-10)20-6-5-15(19)16-8-12(17)13(18)9-16/h3-4,7,12-13,17-18H,5-6,8-9H2,1-2H3. The summed E-state index contributed by atoms with van der Waals surface area (Å²) in [6.45, 7) is 4.65. The number of β-amino-alcohol motifs (C(OH)–C–C–N with tert-alkyl or cyclic N) is 2. The molecule has 1 aliphatic heterocycles. The molecular formula is C15H21NO4. The maximum absolute atomic E-state index is 11.9. The molecule has 1 aromatic rings. The molecule has 0 spiro atoms. The number of ether oxygens (including phenoxy) is 1. The lowest BCUT2D eigenvalue weighted by Crippen LogP contribution is -2.30. The number of aryl methyl sites for hydroxylation is 2. The lowest BCUT2D eigenvalue weighted by Gasteiger charge is -2.16. The van der Waals surface area contributed by atoms with Crippen LogP contribution in [0.1, 0.15) is 17.5 Å². The van der Waals surface area contributed by atoms with Gasteiger partial charge in [0.25, 0.3) is 0 Å². The molecular weight excluding hydrogens is 258 g/mol. The molecule has 0 radical (unpaired) electrons. The van der Waals surface area contributed by atoms with Crippen molar-refractivity contribution in [1.82, 2.24) is 4.90 Å². The third-order valence-corrected chi connectivity index (χ3v) is 3.53. The van der Waals surface area contributed by atoms with Crippen molar-refractivity contribution < 1.29 is 19.7 Å². The maximum atomic E-state index is 11.9. The first-order chi connectivity index (χ1) is 9.47. The number of nitrogens with zero attached hydrogens (tertiary/aromatic N) is 1. The van der Waals surface area contributed by atoms with Crippen molar-refractivity contribution in [2.45, 2.75) is 32.5 Å². The Kier molecular flexibility index (Phi) is 4.62. The highest BCUT2D eigenvalue weighted by Crippen LogP contribution is 2.19. The van der Waals surface area contributed by atoms with Crippen LogP contribution in [0.25, 0.3) is 0 Å². The molecule has 5 nitrogen and oxygen atoms in total. The van der Waals surface area contributed by atoms with Crippen LogP contribution in [0.5, 0.6) is 5.75 Å². The van der Waals surface area contributed by atoms with Crippen molar-refractivity contribution in [3.63, 3.8) is 0 Å². The van der Waals surface area contributed by atoms with Gasteiger partial charge in [-0.15, -0.1) is 0 Å². The second-order valence-electron chi connectivity index (χ2n) is 5.30. The second kappa shape index (κ2) is 6.24. The van der Waals surface area contributed by atoms with Gasteiger partial charge in [-0.3, -0.25) is 4.79 Å². The number of benzene rings is 1. The topological polar surface area (TPSA) is 70.0 Å². The van der Waals surface area contributed by atoms with E-state index in [0.717, 1.165) is 16.9 Å². The van der Waals surface area contributed by atoms with Gasteiger partial charge in [0.05, 0.1) is 25.2 Å². The van der Waals surface area contributed by atoms with E-state index >= 15 is 0 Å². The third kappa shape index (κ3) is 3.49. The Labute approximate surface area is 118 Å². The first kappa shape index (κ1) is 14.8. The van der Waals surface area contributed by atoms with Crippen LogP contribution >= 0.6 is 0 Å². The minimum atomic E-state index is -0.834. The monoisotopic (exact) mass is 279 g/mol. The van der Waals surface area contributed by atoms with Crippen LogP contribution in [0.2, 0.25) is 0 Å². The predicted molar refractivity (Wildman–Crippen MR) is 74.6 cm³/mol. The van der Waals surface area contributed by atoms with Gasteiger partial charge in [0.1, 0.15) is 5.75 Å². The number of rotatable bonds is 4. The molecule has 1 fully saturated rings. The number of aliphatic hydroxyl groups is 2. The van der Waals surface area contributed by atoms with Gasteiger partial charge in [-0.1, -0.05) is 12.1 Å². The molecule has 0 aliphatic carbocycles. The quantitative estimate of drug-likeness (QED) is 0.848. The summed E-state index contributed by atoms with van der Waals surface area (Å²) < 4.78 is 5.63. The first-order valence-electron chi connectivity index (χ1n) is 6.81. The Bertz CT molecular complexity index is 479. The molecule has 110 valence electrons. The van der Waals surface area contributed by atoms with Crippen molar-refractivity contribution in [3.8, 4) is 5.75 Å². The lowest BCUT2D eigenvalue weighted by atomic mass is 10.1. The summed E-state index contributed by atoms with van der Waals surface area (Å²) in [5.74, 6) is 0.685. The van der Waals surface area contributed by atoms with Gasteiger partial charge in [-0.25, -0.2) is 0 Å². The molecule has 2 N–H and O–H groups in total. The van der Waals surface area contributed by atoms with E-state index in [1.54, 1.807) is 0 Å². The minimum absolute atomic E-state index is 0.106. The van der Waals surface area contributed by atoms with Crippen molar-refractivity contribution >= 4 is 5.91 Å². The fraction of sp³-hybridized carbons (Fsp3) is 0.533. The van der Waals surface area contributed by atoms with Crippen molar-refractivity contribution in [2.75, 3.05) is 19.7 Å². The largest absolute Gasteiger partial charge is 0.493 e. The summed E-state index contributed by atoms with van der Waals surface area (Å²) in [6, 6.07) is 5.95. The summed E-state index contributed by atoms with van der Waals surface area (Å²) in [6.07, 6.45) is -1.43. The highest BCUT2D eigenvalue weighted by atomic mass is 16.5. The number of likely N-dealkylation sites (tertiary alicyclic amines) is 1. The zero-order valence-electron chi connectivity index (χ0n) is 11.9. The number of hydrogen-bond acceptors (Lipinski definition) is 4. The lowest BCUT2D eigenvalue weighted by molar-refractivity contribution is -0.131. The van der Waals surface area contributed by atoms with Gasteiger partial charge < -0.3 is 19.8 Å². The zero-order valence-corrected chi connectivity index (χ0v) is 11.9. The Morgan fingerprint density at radius 1 is 1.30 bits per heavy atom. The molecule has 0 aromatic heterocycles. The van der Waals surface area contributed by atoms with E-state index in [1.807, 2.05) is 32.0 Å². The van der Waals surface area contributed by atoms with Gasteiger partial charge >= 0.3 is 0 Å². The van der Waals surface area contributed by atoms with Crippen molar-refractivity contribution in [2.24, 2.45) is 0 Å². The Hall–Kier alpha value is -1.59. The summed E-state index contributed by atoms with van der Waals surface area (Å²) in [7, 11) is 0. The Morgan fingerprint density at radius 2 is 1.95 bits per heavy atom. The number of carbonyl (C=O) groups is 1.